The third kappa shape index (κ3) is 4.01. The smallest absolute Gasteiger partial charge is 0.0174 e. The zero-order chi connectivity index (χ0) is 7.33. The van der Waals surface area contributed by atoms with Crippen molar-refractivity contribution in [2.45, 2.75) is 27.2 Å². The molecule has 0 saturated heterocycles. The summed E-state index contributed by atoms with van der Waals surface area (Å²) in [5, 5.41) is 0. The first-order valence-corrected chi connectivity index (χ1v) is 3.42. The molecule has 0 saturated carbocycles. The zero-order valence-electron chi connectivity index (χ0n) is 6.65. The van der Waals surface area contributed by atoms with Gasteiger partial charge >= 0.3 is 0 Å². The van der Waals surface area contributed by atoms with E-state index in [-0.39, 0.29) is 0 Å². The summed E-state index contributed by atoms with van der Waals surface area (Å²) in [6.45, 7) is 10.2. The van der Waals surface area contributed by atoms with Crippen molar-refractivity contribution in [2.75, 3.05) is 0 Å². The molecule has 0 rings (SSSR count). The molecule has 0 heteroatoms. The van der Waals surface area contributed by atoms with E-state index in [1.54, 1.807) is 0 Å². The van der Waals surface area contributed by atoms with Crippen molar-refractivity contribution < 1.29 is 0 Å². The van der Waals surface area contributed by atoms with Gasteiger partial charge in [-0.3, -0.25) is 0 Å². The van der Waals surface area contributed by atoms with Crippen molar-refractivity contribution in [1.29, 1.82) is 0 Å². The van der Waals surface area contributed by atoms with E-state index in [9.17, 15) is 0 Å². The molecule has 52 valence electrons. The Labute approximate surface area is 58.3 Å². The SMILES string of the molecule is C=C/C=C/C(C)(C)CC. The maximum atomic E-state index is 3.61. The monoisotopic (exact) mass is 124 g/mol. The lowest BCUT2D eigenvalue weighted by atomic mass is 9.90. The highest BCUT2D eigenvalue weighted by Crippen LogP contribution is 2.20. The minimum absolute atomic E-state index is 0.341. The van der Waals surface area contributed by atoms with Crippen molar-refractivity contribution in [3.05, 3.63) is 24.8 Å². The molecule has 0 spiro atoms. The largest absolute Gasteiger partial charge is 0.0991 e. The minimum atomic E-state index is 0.341. The lowest BCUT2D eigenvalue weighted by Gasteiger charge is -2.15. The molecular formula is C9H16. The molecule has 0 bridgehead atoms. The summed E-state index contributed by atoms with van der Waals surface area (Å²) in [7, 11) is 0. The van der Waals surface area contributed by atoms with E-state index in [1.807, 2.05) is 12.2 Å². The predicted octanol–water partition coefficient (Wildman–Crippen LogP) is 3.16. The van der Waals surface area contributed by atoms with Gasteiger partial charge in [-0.2, -0.15) is 0 Å². The Balaban J connectivity index is 3.84. The van der Waals surface area contributed by atoms with Gasteiger partial charge in [0.2, 0.25) is 0 Å². The van der Waals surface area contributed by atoms with Crippen LogP contribution in [-0.4, -0.2) is 0 Å². The summed E-state index contributed by atoms with van der Waals surface area (Å²) in [6.07, 6.45) is 7.18. The summed E-state index contributed by atoms with van der Waals surface area (Å²) in [5.74, 6) is 0. The maximum Gasteiger partial charge on any atom is -0.0174 e. The first-order valence-electron chi connectivity index (χ1n) is 3.42. The van der Waals surface area contributed by atoms with Crippen LogP contribution in [-0.2, 0) is 0 Å². The van der Waals surface area contributed by atoms with Gasteiger partial charge in [0, 0.05) is 0 Å². The molecule has 0 aromatic heterocycles. The van der Waals surface area contributed by atoms with Crippen molar-refractivity contribution in [3.63, 3.8) is 0 Å². The Kier molecular flexibility index (Phi) is 3.29. The van der Waals surface area contributed by atoms with Crippen molar-refractivity contribution in [2.24, 2.45) is 5.41 Å². The molecule has 0 nitrogen and oxygen atoms in total. The van der Waals surface area contributed by atoms with E-state index < -0.39 is 0 Å². The molecule has 0 aliphatic heterocycles. The Hall–Kier alpha value is -0.520. The first kappa shape index (κ1) is 8.48. The second kappa shape index (κ2) is 3.49. The molecule has 0 fully saturated rings. The summed E-state index contributed by atoms with van der Waals surface area (Å²) in [4.78, 5) is 0. The van der Waals surface area contributed by atoms with Crippen LogP contribution in [0.1, 0.15) is 27.2 Å². The number of allylic oxidation sites excluding steroid dienone is 3. The fourth-order valence-electron chi connectivity index (χ4n) is 0.446. The van der Waals surface area contributed by atoms with Gasteiger partial charge in [-0.25, -0.2) is 0 Å². The maximum absolute atomic E-state index is 3.61. The Bertz CT molecular complexity index is 107. The van der Waals surface area contributed by atoms with E-state index in [0.29, 0.717) is 5.41 Å². The van der Waals surface area contributed by atoms with E-state index in [1.165, 1.54) is 6.42 Å². The van der Waals surface area contributed by atoms with Gasteiger partial charge in [-0.05, 0) is 11.8 Å². The highest BCUT2D eigenvalue weighted by molar-refractivity contribution is 5.03. The molecule has 0 unspecified atom stereocenters. The molecule has 0 heterocycles. The van der Waals surface area contributed by atoms with Crippen LogP contribution in [0.4, 0.5) is 0 Å². The third-order valence-electron chi connectivity index (χ3n) is 1.59. The van der Waals surface area contributed by atoms with Crippen LogP contribution in [0.25, 0.3) is 0 Å². The van der Waals surface area contributed by atoms with Gasteiger partial charge in [0.1, 0.15) is 0 Å². The molecule has 9 heavy (non-hydrogen) atoms. The molecule has 0 atom stereocenters. The van der Waals surface area contributed by atoms with Gasteiger partial charge < -0.3 is 0 Å². The standard InChI is InChI=1S/C9H16/c1-5-7-8-9(3,4)6-2/h5,7-8H,1,6H2,2-4H3/b8-7+. The van der Waals surface area contributed by atoms with Crippen molar-refractivity contribution >= 4 is 0 Å². The Morgan fingerprint density at radius 2 is 2.00 bits per heavy atom. The molecule has 0 aliphatic rings. The van der Waals surface area contributed by atoms with E-state index in [0.717, 1.165) is 0 Å². The van der Waals surface area contributed by atoms with Crippen molar-refractivity contribution in [3.8, 4) is 0 Å². The van der Waals surface area contributed by atoms with Gasteiger partial charge in [0.05, 0.1) is 0 Å². The van der Waals surface area contributed by atoms with Crippen LogP contribution < -0.4 is 0 Å². The van der Waals surface area contributed by atoms with Crippen LogP contribution in [0.2, 0.25) is 0 Å². The molecule has 0 N–H and O–H groups in total. The van der Waals surface area contributed by atoms with Crippen molar-refractivity contribution in [1.82, 2.24) is 0 Å². The third-order valence-corrected chi connectivity index (χ3v) is 1.59. The molecular weight excluding hydrogens is 108 g/mol. The number of rotatable bonds is 3. The average molecular weight is 124 g/mol. The zero-order valence-corrected chi connectivity index (χ0v) is 6.65. The van der Waals surface area contributed by atoms with Crippen LogP contribution in [0.3, 0.4) is 0 Å². The Morgan fingerprint density at radius 1 is 1.44 bits per heavy atom. The second-order valence-electron chi connectivity index (χ2n) is 2.94. The van der Waals surface area contributed by atoms with Gasteiger partial charge in [0.25, 0.3) is 0 Å². The predicted molar refractivity (Wildman–Crippen MR) is 43.4 cm³/mol. The molecule has 0 radical (unpaired) electrons. The van der Waals surface area contributed by atoms with E-state index in [2.05, 4.69) is 33.4 Å². The van der Waals surface area contributed by atoms with Gasteiger partial charge in [0.15, 0.2) is 0 Å². The Morgan fingerprint density at radius 3 is 2.33 bits per heavy atom. The van der Waals surface area contributed by atoms with Gasteiger partial charge in [-0.1, -0.05) is 45.6 Å². The van der Waals surface area contributed by atoms with Crippen LogP contribution >= 0.6 is 0 Å². The molecule has 0 aliphatic carbocycles. The average Bonchev–Trinajstić information content (AvgIpc) is 1.84. The lowest BCUT2D eigenvalue weighted by molar-refractivity contribution is 0.462. The van der Waals surface area contributed by atoms with Crippen LogP contribution in [0.5, 0.6) is 0 Å². The van der Waals surface area contributed by atoms with E-state index >= 15 is 0 Å². The first-order chi connectivity index (χ1) is 4.12. The lowest BCUT2D eigenvalue weighted by Crippen LogP contribution is -2.03. The van der Waals surface area contributed by atoms with Crippen LogP contribution in [0.15, 0.2) is 24.8 Å². The summed E-state index contributed by atoms with van der Waals surface area (Å²) < 4.78 is 0. The highest BCUT2D eigenvalue weighted by Gasteiger charge is 2.07. The minimum Gasteiger partial charge on any atom is -0.0991 e. The number of hydrogen-bond acceptors (Lipinski definition) is 0. The molecule has 0 aromatic carbocycles. The summed E-state index contributed by atoms with van der Waals surface area (Å²) >= 11 is 0. The molecule has 0 aromatic rings. The molecule has 0 amide bonds. The fraction of sp³-hybridized carbons (Fsp3) is 0.556. The number of hydrogen-bond donors (Lipinski definition) is 0. The quantitative estimate of drug-likeness (QED) is 0.507. The van der Waals surface area contributed by atoms with E-state index in [4.69, 9.17) is 0 Å². The summed E-state index contributed by atoms with van der Waals surface area (Å²) in [6, 6.07) is 0. The summed E-state index contributed by atoms with van der Waals surface area (Å²) in [5.41, 5.74) is 0.341. The van der Waals surface area contributed by atoms with Crippen LogP contribution in [0, 0.1) is 5.41 Å². The van der Waals surface area contributed by atoms with Gasteiger partial charge in [-0.15, -0.1) is 0 Å². The normalized spacial score (nSPS) is 12.3. The fourth-order valence-corrected chi connectivity index (χ4v) is 0.446. The second-order valence-corrected chi connectivity index (χ2v) is 2.94. The highest BCUT2D eigenvalue weighted by atomic mass is 14.1. The topological polar surface area (TPSA) is 0 Å².